The highest BCUT2D eigenvalue weighted by atomic mass is 16.6. The lowest BCUT2D eigenvalue weighted by Crippen LogP contribution is -2.58. The van der Waals surface area contributed by atoms with Gasteiger partial charge in [0.1, 0.15) is 6.61 Å². The maximum Gasteiger partial charge on any atom is 0.343 e. The molecule has 3 aliphatic rings. The van der Waals surface area contributed by atoms with Crippen LogP contribution in [0.3, 0.4) is 0 Å². The van der Waals surface area contributed by atoms with Crippen LogP contribution in [0.1, 0.15) is 33.1 Å². The monoisotopic (exact) mass is 248 g/mol. The first-order chi connectivity index (χ1) is 8.41. The molecule has 0 bridgehead atoms. The molecule has 1 saturated heterocycles. The van der Waals surface area contributed by atoms with Gasteiger partial charge in [0.25, 0.3) is 0 Å². The Morgan fingerprint density at radius 2 is 2.28 bits per heavy atom. The van der Waals surface area contributed by atoms with Gasteiger partial charge in [0.15, 0.2) is 5.60 Å². The van der Waals surface area contributed by atoms with Crippen molar-refractivity contribution in [3.63, 3.8) is 0 Å². The normalized spacial score (nSPS) is 47.2. The highest BCUT2D eigenvalue weighted by Gasteiger charge is 2.65. The second-order valence-corrected chi connectivity index (χ2v) is 6.24. The van der Waals surface area contributed by atoms with E-state index in [1.807, 2.05) is 13.0 Å². The van der Waals surface area contributed by atoms with Gasteiger partial charge in [-0.25, -0.2) is 4.79 Å². The van der Waals surface area contributed by atoms with E-state index in [1.165, 1.54) is 5.57 Å². The molecule has 3 nitrogen and oxygen atoms in total. The number of allylic oxidation sites excluding steroid dienone is 2. The van der Waals surface area contributed by atoms with Gasteiger partial charge < -0.3 is 9.84 Å². The highest BCUT2D eigenvalue weighted by Crippen LogP contribution is 2.59. The van der Waals surface area contributed by atoms with Crippen molar-refractivity contribution in [1.29, 1.82) is 0 Å². The van der Waals surface area contributed by atoms with Crippen LogP contribution in [0, 0.1) is 17.3 Å². The van der Waals surface area contributed by atoms with E-state index in [0.29, 0.717) is 5.92 Å². The standard InChI is InChI=1S/C15H20O3/c1-9-6-7-14(3)12(10(9)2)5-4-11-8-18-13(16)15(11,14)17/h4,9,12,17H,2,5-8H2,1,3H3/t9-,12-,14-,15-/m0/s1. The van der Waals surface area contributed by atoms with Crippen molar-refractivity contribution in [1.82, 2.24) is 0 Å². The molecule has 1 N–H and O–H groups in total. The minimum absolute atomic E-state index is 0.181. The van der Waals surface area contributed by atoms with Gasteiger partial charge in [0.2, 0.25) is 0 Å². The molecule has 0 unspecified atom stereocenters. The number of fused-ring (bicyclic) bond motifs is 3. The number of carbonyl (C=O) groups is 1. The van der Waals surface area contributed by atoms with Crippen molar-refractivity contribution in [2.75, 3.05) is 6.61 Å². The Morgan fingerprint density at radius 3 is 3.00 bits per heavy atom. The summed E-state index contributed by atoms with van der Waals surface area (Å²) in [6.07, 6.45) is 4.68. The number of aliphatic hydroxyl groups is 1. The molecule has 2 fully saturated rings. The summed E-state index contributed by atoms with van der Waals surface area (Å²) in [5.41, 5.74) is 0.0635. The van der Waals surface area contributed by atoms with Crippen LogP contribution in [-0.2, 0) is 9.53 Å². The third-order valence-electron chi connectivity index (χ3n) is 5.49. The zero-order valence-electron chi connectivity index (χ0n) is 11.0. The molecule has 98 valence electrons. The SMILES string of the molecule is C=C1[C@@H](C)CC[C@@]2(C)[C@H]1CC=C1COC(=O)[C@@]12O. The summed E-state index contributed by atoms with van der Waals surface area (Å²) in [6.45, 7) is 8.65. The van der Waals surface area contributed by atoms with Crippen molar-refractivity contribution in [3.8, 4) is 0 Å². The Labute approximate surface area is 108 Å². The molecule has 3 heteroatoms. The summed E-state index contributed by atoms with van der Waals surface area (Å²) in [5, 5.41) is 11.0. The Kier molecular flexibility index (Phi) is 2.31. The Morgan fingerprint density at radius 1 is 1.56 bits per heavy atom. The van der Waals surface area contributed by atoms with E-state index in [-0.39, 0.29) is 12.5 Å². The Balaban J connectivity index is 2.12. The molecular formula is C15H20O3. The van der Waals surface area contributed by atoms with Crippen LogP contribution in [0.4, 0.5) is 0 Å². The zero-order chi connectivity index (χ0) is 13.1. The van der Waals surface area contributed by atoms with E-state index in [1.54, 1.807) is 0 Å². The number of hydrogen-bond donors (Lipinski definition) is 1. The molecule has 0 amide bonds. The van der Waals surface area contributed by atoms with Gasteiger partial charge in [0.05, 0.1) is 0 Å². The van der Waals surface area contributed by atoms with Crippen molar-refractivity contribution < 1.29 is 14.6 Å². The predicted octanol–water partition coefficient (Wildman–Crippen LogP) is 2.21. The van der Waals surface area contributed by atoms with Crippen molar-refractivity contribution in [2.24, 2.45) is 17.3 Å². The molecule has 1 saturated carbocycles. The third-order valence-corrected chi connectivity index (χ3v) is 5.49. The number of carbonyl (C=O) groups excluding carboxylic acids is 1. The lowest BCUT2D eigenvalue weighted by molar-refractivity contribution is -0.169. The number of hydrogen-bond acceptors (Lipinski definition) is 3. The van der Waals surface area contributed by atoms with Crippen LogP contribution in [0.2, 0.25) is 0 Å². The summed E-state index contributed by atoms with van der Waals surface area (Å²) in [4.78, 5) is 12.0. The average Bonchev–Trinajstić information content (AvgIpc) is 2.64. The molecule has 4 atom stereocenters. The van der Waals surface area contributed by atoms with Crippen LogP contribution >= 0.6 is 0 Å². The average molecular weight is 248 g/mol. The molecule has 3 rings (SSSR count). The first-order valence-corrected chi connectivity index (χ1v) is 6.69. The van der Waals surface area contributed by atoms with Gasteiger partial charge in [-0.05, 0) is 31.1 Å². The molecule has 2 aliphatic carbocycles. The van der Waals surface area contributed by atoms with Gasteiger partial charge in [0, 0.05) is 11.0 Å². The second kappa shape index (κ2) is 3.47. The number of ether oxygens (including phenoxy) is 1. The zero-order valence-corrected chi connectivity index (χ0v) is 11.0. The molecule has 18 heavy (non-hydrogen) atoms. The van der Waals surface area contributed by atoms with E-state index in [2.05, 4.69) is 13.5 Å². The Hall–Kier alpha value is -1.09. The lowest BCUT2D eigenvalue weighted by Gasteiger charge is -2.53. The van der Waals surface area contributed by atoms with Crippen molar-refractivity contribution in [3.05, 3.63) is 23.8 Å². The first kappa shape index (κ1) is 12.0. The minimum atomic E-state index is -1.42. The molecule has 0 aromatic rings. The summed E-state index contributed by atoms with van der Waals surface area (Å²) >= 11 is 0. The number of cyclic esters (lactones) is 1. The van der Waals surface area contributed by atoms with E-state index in [0.717, 1.165) is 24.8 Å². The van der Waals surface area contributed by atoms with Gasteiger partial charge in [-0.2, -0.15) is 0 Å². The Bertz CT molecular complexity index is 464. The topological polar surface area (TPSA) is 46.5 Å². The molecule has 0 radical (unpaired) electrons. The summed E-state index contributed by atoms with van der Waals surface area (Å²) < 4.78 is 5.09. The molecule has 0 spiro atoms. The fraction of sp³-hybridized carbons (Fsp3) is 0.667. The fourth-order valence-electron chi connectivity index (χ4n) is 4.02. The first-order valence-electron chi connectivity index (χ1n) is 6.69. The molecule has 1 aliphatic heterocycles. The third kappa shape index (κ3) is 1.16. The van der Waals surface area contributed by atoms with Crippen LogP contribution in [0.25, 0.3) is 0 Å². The lowest BCUT2D eigenvalue weighted by atomic mass is 9.51. The quantitative estimate of drug-likeness (QED) is 0.528. The van der Waals surface area contributed by atoms with E-state index in [4.69, 9.17) is 4.74 Å². The molecule has 0 aromatic heterocycles. The fourth-order valence-corrected chi connectivity index (χ4v) is 4.02. The minimum Gasteiger partial charge on any atom is -0.459 e. The van der Waals surface area contributed by atoms with E-state index >= 15 is 0 Å². The van der Waals surface area contributed by atoms with Gasteiger partial charge in [-0.15, -0.1) is 0 Å². The smallest absolute Gasteiger partial charge is 0.343 e. The summed E-state index contributed by atoms with van der Waals surface area (Å²) in [7, 11) is 0. The van der Waals surface area contributed by atoms with Gasteiger partial charge in [-0.1, -0.05) is 32.1 Å². The second-order valence-electron chi connectivity index (χ2n) is 6.24. The summed E-state index contributed by atoms with van der Waals surface area (Å²) in [5.74, 6) is 0.183. The summed E-state index contributed by atoms with van der Waals surface area (Å²) in [6, 6.07) is 0. The molecule has 0 aromatic carbocycles. The number of esters is 1. The van der Waals surface area contributed by atoms with Crippen LogP contribution in [0.15, 0.2) is 23.8 Å². The van der Waals surface area contributed by atoms with Crippen LogP contribution in [0.5, 0.6) is 0 Å². The van der Waals surface area contributed by atoms with Crippen LogP contribution in [-0.4, -0.2) is 23.3 Å². The van der Waals surface area contributed by atoms with Crippen LogP contribution < -0.4 is 0 Å². The van der Waals surface area contributed by atoms with Gasteiger partial charge >= 0.3 is 5.97 Å². The molecule has 1 heterocycles. The van der Waals surface area contributed by atoms with E-state index in [9.17, 15) is 9.90 Å². The van der Waals surface area contributed by atoms with E-state index < -0.39 is 17.0 Å². The van der Waals surface area contributed by atoms with Gasteiger partial charge in [-0.3, -0.25) is 0 Å². The van der Waals surface area contributed by atoms with Crippen molar-refractivity contribution in [2.45, 2.75) is 38.7 Å². The highest BCUT2D eigenvalue weighted by molar-refractivity contribution is 5.88. The largest absolute Gasteiger partial charge is 0.459 e. The number of rotatable bonds is 0. The molecular weight excluding hydrogens is 228 g/mol. The maximum absolute atomic E-state index is 12.0. The predicted molar refractivity (Wildman–Crippen MR) is 67.7 cm³/mol. The van der Waals surface area contributed by atoms with Crippen molar-refractivity contribution >= 4 is 5.97 Å². The maximum atomic E-state index is 12.0.